The summed E-state index contributed by atoms with van der Waals surface area (Å²) in [5.74, 6) is 3.75. The maximum absolute atomic E-state index is 12.5. The topological polar surface area (TPSA) is 72.7 Å². The van der Waals surface area contributed by atoms with Crippen LogP contribution in [0.1, 0.15) is 63.9 Å². The fourth-order valence-electron chi connectivity index (χ4n) is 6.42. The third-order valence-electron chi connectivity index (χ3n) is 7.40. The summed E-state index contributed by atoms with van der Waals surface area (Å²) in [7, 11) is 0. The Hall–Kier alpha value is -2.24. The molecule has 1 aromatic carbocycles. The normalized spacial score (nSPS) is 30.1. The molecule has 4 fully saturated rings. The van der Waals surface area contributed by atoms with Crippen LogP contribution in [0, 0.1) is 23.2 Å². The number of nitrogens with one attached hydrogen (secondary N) is 1. The van der Waals surface area contributed by atoms with Gasteiger partial charge in [0.05, 0.1) is 0 Å². The summed E-state index contributed by atoms with van der Waals surface area (Å²) in [4.78, 5) is 13.9. The molecule has 1 heterocycles. The number of carbonyl (C=O) groups excluding carboxylic acids is 1. The molecule has 0 radical (unpaired) electrons. The summed E-state index contributed by atoms with van der Waals surface area (Å²) >= 11 is 0. The van der Waals surface area contributed by atoms with E-state index in [4.69, 9.17) is 0 Å². The third-order valence-corrected chi connectivity index (χ3v) is 7.40. The van der Waals surface area contributed by atoms with E-state index in [1.165, 1.54) is 48.9 Å². The van der Waals surface area contributed by atoms with Gasteiger partial charge in [-0.15, -0.1) is 10.2 Å². The molecule has 1 N–H and O–H groups in total. The molecule has 1 aromatic heterocycles. The highest BCUT2D eigenvalue weighted by atomic mass is 16.2. The highest BCUT2D eigenvalue weighted by Crippen LogP contribution is 2.59. The Bertz CT molecular complexity index is 850. The largest absolute Gasteiger partial charge is 0.354 e. The van der Waals surface area contributed by atoms with E-state index in [1.54, 1.807) is 0 Å². The van der Waals surface area contributed by atoms with Crippen molar-refractivity contribution in [2.24, 2.45) is 23.2 Å². The molecule has 0 atom stereocenters. The van der Waals surface area contributed by atoms with E-state index in [1.807, 2.05) is 12.1 Å². The first kappa shape index (κ1) is 18.8. The highest BCUT2D eigenvalue weighted by Gasteiger charge is 2.50. The lowest BCUT2D eigenvalue weighted by Crippen LogP contribution is -2.51. The Labute approximate surface area is 172 Å². The molecule has 0 unspecified atom stereocenters. The number of amides is 1. The SMILES string of the molecule is CC(C)c1ccc(-c2nnn(CC(=O)NCC34CC5CC(CC(C5)C3)C4)n2)cc1. The zero-order valence-electron chi connectivity index (χ0n) is 17.5. The lowest BCUT2D eigenvalue weighted by molar-refractivity contribution is -0.124. The number of benzene rings is 1. The van der Waals surface area contributed by atoms with Crippen LogP contribution in [0.15, 0.2) is 24.3 Å². The van der Waals surface area contributed by atoms with Gasteiger partial charge in [-0.3, -0.25) is 4.79 Å². The van der Waals surface area contributed by atoms with Gasteiger partial charge in [0, 0.05) is 12.1 Å². The molecule has 6 rings (SSSR count). The zero-order valence-corrected chi connectivity index (χ0v) is 17.5. The lowest BCUT2D eigenvalue weighted by atomic mass is 9.49. The number of rotatable bonds is 6. The molecular weight excluding hydrogens is 362 g/mol. The minimum Gasteiger partial charge on any atom is -0.354 e. The Kier molecular flexibility index (Phi) is 4.67. The molecule has 4 bridgehead atoms. The smallest absolute Gasteiger partial charge is 0.243 e. The minimum absolute atomic E-state index is 0.0140. The predicted octanol–water partition coefficient (Wildman–Crippen LogP) is 3.80. The highest BCUT2D eigenvalue weighted by molar-refractivity contribution is 5.75. The predicted molar refractivity (Wildman–Crippen MR) is 111 cm³/mol. The van der Waals surface area contributed by atoms with Gasteiger partial charge in [0.2, 0.25) is 11.7 Å². The molecule has 6 heteroatoms. The number of tetrazole rings is 1. The first-order valence-corrected chi connectivity index (χ1v) is 11.1. The van der Waals surface area contributed by atoms with Gasteiger partial charge in [0.1, 0.15) is 6.54 Å². The van der Waals surface area contributed by atoms with Crippen molar-refractivity contribution < 1.29 is 4.79 Å². The molecule has 0 saturated heterocycles. The Morgan fingerprint density at radius 2 is 1.72 bits per heavy atom. The summed E-state index contributed by atoms with van der Waals surface area (Å²) < 4.78 is 0. The van der Waals surface area contributed by atoms with Gasteiger partial charge < -0.3 is 5.32 Å². The third kappa shape index (κ3) is 3.81. The Balaban J connectivity index is 1.18. The Morgan fingerprint density at radius 3 is 2.31 bits per heavy atom. The van der Waals surface area contributed by atoms with Gasteiger partial charge >= 0.3 is 0 Å². The maximum Gasteiger partial charge on any atom is 0.243 e. The molecule has 2 aromatic rings. The van der Waals surface area contributed by atoms with Crippen molar-refractivity contribution >= 4 is 5.91 Å². The van der Waals surface area contributed by atoms with Crippen LogP contribution >= 0.6 is 0 Å². The first-order valence-electron chi connectivity index (χ1n) is 11.1. The molecule has 4 aliphatic rings. The number of carbonyl (C=O) groups is 1. The summed E-state index contributed by atoms with van der Waals surface area (Å²) in [6.45, 7) is 5.29. The van der Waals surface area contributed by atoms with E-state index in [-0.39, 0.29) is 12.5 Å². The average Bonchev–Trinajstić information content (AvgIpc) is 3.14. The maximum atomic E-state index is 12.5. The zero-order chi connectivity index (χ0) is 20.0. The average molecular weight is 394 g/mol. The van der Waals surface area contributed by atoms with E-state index >= 15 is 0 Å². The minimum atomic E-state index is -0.0140. The second kappa shape index (κ2) is 7.22. The van der Waals surface area contributed by atoms with Crippen molar-refractivity contribution in [2.75, 3.05) is 6.54 Å². The van der Waals surface area contributed by atoms with Crippen molar-refractivity contribution in [1.29, 1.82) is 0 Å². The van der Waals surface area contributed by atoms with Gasteiger partial charge in [0.25, 0.3) is 0 Å². The van der Waals surface area contributed by atoms with Crippen molar-refractivity contribution in [1.82, 2.24) is 25.5 Å². The van der Waals surface area contributed by atoms with Crippen LogP contribution in [0.2, 0.25) is 0 Å². The van der Waals surface area contributed by atoms with Gasteiger partial charge in [-0.05, 0) is 78.4 Å². The summed E-state index contributed by atoms with van der Waals surface area (Å²) in [5.41, 5.74) is 2.56. The fourth-order valence-corrected chi connectivity index (χ4v) is 6.42. The molecular formula is C23H31N5O. The van der Waals surface area contributed by atoms with Crippen molar-refractivity contribution in [3.63, 3.8) is 0 Å². The van der Waals surface area contributed by atoms with E-state index in [0.29, 0.717) is 17.2 Å². The molecule has 154 valence electrons. The van der Waals surface area contributed by atoms with Crippen LogP contribution < -0.4 is 5.32 Å². The lowest BCUT2D eigenvalue weighted by Gasteiger charge is -2.56. The van der Waals surface area contributed by atoms with Gasteiger partial charge in [-0.25, -0.2) is 0 Å². The number of nitrogens with zero attached hydrogens (tertiary/aromatic N) is 4. The fraction of sp³-hybridized carbons (Fsp3) is 0.652. The summed E-state index contributed by atoms with van der Waals surface area (Å²) in [6, 6.07) is 8.23. The quantitative estimate of drug-likeness (QED) is 0.810. The van der Waals surface area contributed by atoms with Gasteiger partial charge in [0.15, 0.2) is 0 Å². The van der Waals surface area contributed by atoms with Crippen molar-refractivity contribution in [2.45, 2.75) is 64.8 Å². The second-order valence-electron chi connectivity index (χ2n) is 10.1. The van der Waals surface area contributed by atoms with Crippen LogP contribution in [-0.2, 0) is 11.3 Å². The monoisotopic (exact) mass is 393 g/mol. The summed E-state index contributed by atoms with van der Waals surface area (Å²) in [5, 5.41) is 15.8. The van der Waals surface area contributed by atoms with E-state index in [9.17, 15) is 4.79 Å². The first-order chi connectivity index (χ1) is 14.0. The van der Waals surface area contributed by atoms with Crippen LogP contribution in [0.5, 0.6) is 0 Å². The molecule has 1 amide bonds. The molecule has 0 aliphatic heterocycles. The van der Waals surface area contributed by atoms with Crippen LogP contribution in [0.25, 0.3) is 11.4 Å². The molecule has 0 spiro atoms. The standard InChI is InChI=1S/C23H31N5O/c1-15(2)19-3-5-20(6-4-19)22-25-27-28(26-22)13-21(29)24-14-23-10-16-7-17(11-23)9-18(8-16)12-23/h3-6,15-18H,7-14H2,1-2H3,(H,24,29). The van der Waals surface area contributed by atoms with E-state index in [0.717, 1.165) is 29.9 Å². The summed E-state index contributed by atoms with van der Waals surface area (Å²) in [6.07, 6.45) is 8.19. The van der Waals surface area contributed by atoms with Gasteiger partial charge in [-0.2, -0.15) is 4.80 Å². The molecule has 6 nitrogen and oxygen atoms in total. The van der Waals surface area contributed by atoms with Crippen molar-refractivity contribution in [3.05, 3.63) is 29.8 Å². The second-order valence-corrected chi connectivity index (χ2v) is 10.1. The van der Waals surface area contributed by atoms with Crippen LogP contribution in [0.4, 0.5) is 0 Å². The number of aromatic nitrogens is 4. The van der Waals surface area contributed by atoms with Crippen molar-refractivity contribution in [3.8, 4) is 11.4 Å². The number of hydrogen-bond acceptors (Lipinski definition) is 4. The molecule has 4 aliphatic carbocycles. The van der Waals surface area contributed by atoms with E-state index < -0.39 is 0 Å². The Morgan fingerprint density at radius 1 is 1.10 bits per heavy atom. The van der Waals surface area contributed by atoms with Gasteiger partial charge in [-0.1, -0.05) is 38.1 Å². The van der Waals surface area contributed by atoms with E-state index in [2.05, 4.69) is 46.7 Å². The van der Waals surface area contributed by atoms with Crippen LogP contribution in [0.3, 0.4) is 0 Å². The molecule has 29 heavy (non-hydrogen) atoms. The van der Waals surface area contributed by atoms with Crippen LogP contribution in [-0.4, -0.2) is 32.7 Å². The molecule has 4 saturated carbocycles. The number of hydrogen-bond donors (Lipinski definition) is 1.